The highest BCUT2D eigenvalue weighted by atomic mass is 16.5. The first-order chi connectivity index (χ1) is 9.67. The fraction of sp³-hybridized carbons (Fsp3) is 0.286. The SMILES string of the molecule is CCCc1cc(NN)nc(-c2ccc(OC)c(O)c2)n1. The van der Waals surface area contributed by atoms with Crippen LogP contribution in [-0.4, -0.2) is 22.2 Å². The third kappa shape index (κ3) is 2.97. The maximum Gasteiger partial charge on any atom is 0.161 e. The van der Waals surface area contributed by atoms with Crippen molar-refractivity contribution >= 4 is 5.82 Å². The van der Waals surface area contributed by atoms with Crippen molar-refractivity contribution in [2.75, 3.05) is 12.5 Å². The second-order valence-electron chi connectivity index (χ2n) is 4.35. The first kappa shape index (κ1) is 14.1. The maximum absolute atomic E-state index is 9.83. The Morgan fingerprint density at radius 1 is 1.30 bits per heavy atom. The first-order valence-electron chi connectivity index (χ1n) is 6.40. The Hall–Kier alpha value is -2.34. The molecular weight excluding hydrogens is 256 g/mol. The van der Waals surface area contributed by atoms with Gasteiger partial charge in [-0.2, -0.15) is 0 Å². The Balaban J connectivity index is 2.45. The van der Waals surface area contributed by atoms with E-state index in [1.807, 2.05) is 6.07 Å². The number of phenols is 1. The number of aromatic nitrogens is 2. The number of hydrazine groups is 1. The van der Waals surface area contributed by atoms with Gasteiger partial charge in [0.1, 0.15) is 5.82 Å². The Morgan fingerprint density at radius 3 is 2.70 bits per heavy atom. The summed E-state index contributed by atoms with van der Waals surface area (Å²) in [5.74, 6) is 6.96. The number of methoxy groups -OCH3 is 1. The highest BCUT2D eigenvalue weighted by Gasteiger charge is 2.09. The molecule has 0 spiro atoms. The van der Waals surface area contributed by atoms with Crippen LogP contribution < -0.4 is 16.0 Å². The van der Waals surface area contributed by atoms with Gasteiger partial charge < -0.3 is 15.3 Å². The van der Waals surface area contributed by atoms with Crippen molar-refractivity contribution in [3.63, 3.8) is 0 Å². The average Bonchev–Trinajstić information content (AvgIpc) is 2.47. The van der Waals surface area contributed by atoms with Gasteiger partial charge in [0, 0.05) is 17.3 Å². The average molecular weight is 274 g/mol. The molecule has 1 aromatic carbocycles. The summed E-state index contributed by atoms with van der Waals surface area (Å²) in [5, 5.41) is 9.83. The molecule has 0 bridgehead atoms. The monoisotopic (exact) mass is 274 g/mol. The van der Waals surface area contributed by atoms with E-state index >= 15 is 0 Å². The van der Waals surface area contributed by atoms with Crippen molar-refractivity contribution in [1.29, 1.82) is 0 Å². The standard InChI is InChI=1S/C14H18N4O2/c1-3-4-10-8-13(18-15)17-14(16-10)9-5-6-12(20-2)11(19)7-9/h5-8,19H,3-4,15H2,1-2H3,(H,16,17,18). The van der Waals surface area contributed by atoms with Crippen LogP contribution in [0.3, 0.4) is 0 Å². The summed E-state index contributed by atoms with van der Waals surface area (Å²) in [6.07, 6.45) is 1.82. The number of anilines is 1. The second-order valence-corrected chi connectivity index (χ2v) is 4.35. The minimum atomic E-state index is 0.0525. The van der Waals surface area contributed by atoms with Crippen molar-refractivity contribution in [3.05, 3.63) is 30.0 Å². The van der Waals surface area contributed by atoms with Gasteiger partial charge in [-0.25, -0.2) is 15.8 Å². The number of aryl methyl sites for hydroxylation is 1. The molecule has 2 aromatic rings. The zero-order valence-corrected chi connectivity index (χ0v) is 11.6. The molecule has 0 saturated heterocycles. The van der Waals surface area contributed by atoms with Crippen molar-refractivity contribution in [2.45, 2.75) is 19.8 Å². The molecule has 20 heavy (non-hydrogen) atoms. The summed E-state index contributed by atoms with van der Waals surface area (Å²) in [5.41, 5.74) is 4.14. The molecule has 0 aliphatic rings. The third-order valence-corrected chi connectivity index (χ3v) is 2.87. The van der Waals surface area contributed by atoms with Gasteiger partial charge in [-0.15, -0.1) is 0 Å². The predicted octanol–water partition coefficient (Wildman–Crippen LogP) is 2.10. The van der Waals surface area contributed by atoms with Crippen LogP contribution in [-0.2, 0) is 6.42 Å². The molecule has 0 saturated carbocycles. The molecule has 2 rings (SSSR count). The third-order valence-electron chi connectivity index (χ3n) is 2.87. The molecule has 0 unspecified atom stereocenters. The lowest BCUT2D eigenvalue weighted by molar-refractivity contribution is 0.373. The topological polar surface area (TPSA) is 93.3 Å². The number of nitrogen functional groups attached to an aromatic ring is 1. The smallest absolute Gasteiger partial charge is 0.161 e. The van der Waals surface area contributed by atoms with Crippen LogP contribution in [0.15, 0.2) is 24.3 Å². The van der Waals surface area contributed by atoms with E-state index in [2.05, 4.69) is 22.3 Å². The number of phenolic OH excluding ortho intramolecular Hbond substituents is 1. The summed E-state index contributed by atoms with van der Waals surface area (Å²) >= 11 is 0. The van der Waals surface area contributed by atoms with Gasteiger partial charge in [-0.1, -0.05) is 13.3 Å². The lowest BCUT2D eigenvalue weighted by Crippen LogP contribution is -2.10. The number of aromatic hydroxyl groups is 1. The number of rotatable bonds is 5. The minimum absolute atomic E-state index is 0.0525. The van der Waals surface area contributed by atoms with Crippen LogP contribution in [0.25, 0.3) is 11.4 Å². The van der Waals surface area contributed by atoms with Gasteiger partial charge in [-0.05, 0) is 24.6 Å². The van der Waals surface area contributed by atoms with Gasteiger partial charge in [0.25, 0.3) is 0 Å². The number of hydrogen-bond donors (Lipinski definition) is 3. The number of nitrogens with one attached hydrogen (secondary N) is 1. The van der Waals surface area contributed by atoms with E-state index in [4.69, 9.17) is 10.6 Å². The predicted molar refractivity (Wildman–Crippen MR) is 77.5 cm³/mol. The van der Waals surface area contributed by atoms with E-state index < -0.39 is 0 Å². The highest BCUT2D eigenvalue weighted by molar-refractivity contribution is 5.62. The van der Waals surface area contributed by atoms with E-state index in [1.165, 1.54) is 7.11 Å². The quantitative estimate of drug-likeness (QED) is 0.571. The molecule has 106 valence electrons. The van der Waals surface area contributed by atoms with Crippen molar-refractivity contribution in [2.24, 2.45) is 5.84 Å². The molecule has 6 heteroatoms. The molecule has 4 N–H and O–H groups in total. The summed E-state index contributed by atoms with van der Waals surface area (Å²) < 4.78 is 5.02. The molecule has 0 amide bonds. The van der Waals surface area contributed by atoms with E-state index in [1.54, 1.807) is 18.2 Å². The second kappa shape index (κ2) is 6.21. The Kier molecular flexibility index (Phi) is 4.37. The number of hydrogen-bond acceptors (Lipinski definition) is 6. The van der Waals surface area contributed by atoms with Crippen LogP contribution in [0.5, 0.6) is 11.5 Å². The van der Waals surface area contributed by atoms with Crippen LogP contribution in [0.1, 0.15) is 19.0 Å². The summed E-state index contributed by atoms with van der Waals surface area (Å²) in [7, 11) is 1.50. The molecule has 0 fully saturated rings. The molecule has 1 aromatic heterocycles. The van der Waals surface area contributed by atoms with Gasteiger partial charge in [0.2, 0.25) is 0 Å². The highest BCUT2D eigenvalue weighted by Crippen LogP contribution is 2.30. The number of benzene rings is 1. The Bertz CT molecular complexity index is 602. The van der Waals surface area contributed by atoms with Crippen molar-refractivity contribution in [3.8, 4) is 22.9 Å². The fourth-order valence-electron chi connectivity index (χ4n) is 1.91. The van der Waals surface area contributed by atoms with Gasteiger partial charge >= 0.3 is 0 Å². The van der Waals surface area contributed by atoms with Crippen LogP contribution in [0.4, 0.5) is 5.82 Å². The molecule has 0 aliphatic heterocycles. The molecule has 6 nitrogen and oxygen atoms in total. The lowest BCUT2D eigenvalue weighted by atomic mass is 10.1. The Morgan fingerprint density at radius 2 is 2.10 bits per heavy atom. The zero-order chi connectivity index (χ0) is 14.5. The Labute approximate surface area is 117 Å². The van der Waals surface area contributed by atoms with E-state index in [9.17, 15) is 5.11 Å². The minimum Gasteiger partial charge on any atom is -0.504 e. The van der Waals surface area contributed by atoms with E-state index in [-0.39, 0.29) is 5.75 Å². The summed E-state index contributed by atoms with van der Waals surface area (Å²) in [6, 6.07) is 6.86. The van der Waals surface area contributed by atoms with Gasteiger partial charge in [0.05, 0.1) is 7.11 Å². The summed E-state index contributed by atoms with van der Waals surface area (Å²) in [6.45, 7) is 2.08. The molecular formula is C14H18N4O2. The van der Waals surface area contributed by atoms with Gasteiger partial charge in [0.15, 0.2) is 17.3 Å². The zero-order valence-electron chi connectivity index (χ0n) is 11.6. The first-order valence-corrected chi connectivity index (χ1v) is 6.40. The summed E-state index contributed by atoms with van der Waals surface area (Å²) in [4.78, 5) is 8.78. The molecule has 0 atom stereocenters. The van der Waals surface area contributed by atoms with Crippen LogP contribution in [0, 0.1) is 0 Å². The number of nitrogens with two attached hydrogens (primary N) is 1. The fourth-order valence-corrected chi connectivity index (χ4v) is 1.91. The normalized spacial score (nSPS) is 10.3. The van der Waals surface area contributed by atoms with Crippen molar-refractivity contribution < 1.29 is 9.84 Å². The molecule has 0 radical (unpaired) electrons. The number of ether oxygens (including phenoxy) is 1. The van der Waals surface area contributed by atoms with E-state index in [0.717, 1.165) is 18.5 Å². The lowest BCUT2D eigenvalue weighted by Gasteiger charge is -2.09. The van der Waals surface area contributed by atoms with Crippen LogP contribution >= 0.6 is 0 Å². The van der Waals surface area contributed by atoms with Gasteiger partial charge in [-0.3, -0.25) is 0 Å². The molecule has 0 aliphatic carbocycles. The maximum atomic E-state index is 9.83. The number of nitrogens with zero attached hydrogens (tertiary/aromatic N) is 2. The molecule has 1 heterocycles. The largest absolute Gasteiger partial charge is 0.504 e. The van der Waals surface area contributed by atoms with Crippen LogP contribution in [0.2, 0.25) is 0 Å². The van der Waals surface area contributed by atoms with Crippen molar-refractivity contribution in [1.82, 2.24) is 9.97 Å². The van der Waals surface area contributed by atoms with E-state index in [0.29, 0.717) is 23.0 Å².